The Morgan fingerprint density at radius 2 is 1.77 bits per heavy atom. The average molecular weight is 418 g/mol. The zero-order chi connectivity index (χ0) is 21.7. The lowest BCUT2D eigenvalue weighted by Gasteiger charge is -2.29. The van der Waals surface area contributed by atoms with E-state index in [9.17, 15) is 14.4 Å². The van der Waals surface area contributed by atoms with Gasteiger partial charge < -0.3 is 15.1 Å². The molecule has 3 rings (SSSR count). The molecule has 166 valence electrons. The predicted octanol–water partition coefficient (Wildman–Crippen LogP) is 1.87. The summed E-state index contributed by atoms with van der Waals surface area (Å²) < 4.78 is 1.79. The number of hydrogen-bond acceptors (Lipinski definition) is 4. The van der Waals surface area contributed by atoms with E-state index in [0.717, 1.165) is 50.0 Å². The molecule has 30 heavy (non-hydrogen) atoms. The molecule has 3 amide bonds. The van der Waals surface area contributed by atoms with Crippen LogP contribution in [0.25, 0.3) is 0 Å². The maximum Gasteiger partial charge on any atom is 0.274 e. The molecule has 0 spiro atoms. The van der Waals surface area contributed by atoms with Crippen LogP contribution in [0.4, 0.5) is 0 Å². The summed E-state index contributed by atoms with van der Waals surface area (Å²) in [5, 5.41) is 7.39. The number of carbonyl (C=O) groups excluding carboxylic acids is 3. The van der Waals surface area contributed by atoms with Crippen molar-refractivity contribution in [2.24, 2.45) is 13.0 Å². The van der Waals surface area contributed by atoms with Gasteiger partial charge in [0.1, 0.15) is 0 Å². The standard InChI is InChI=1S/C22H35N5O3/c1-16(2)9-11-23-19(28)7-8-20(29)27-14-10-18-17(15-27)21(24-25(18)3)22(30)26-12-5-4-6-13-26/h16H,4-15H2,1-3H3,(H,23,28). The third-order valence-electron chi connectivity index (χ3n) is 6.05. The molecule has 0 bridgehead atoms. The Bertz CT molecular complexity index is 780. The minimum absolute atomic E-state index is 0.0228. The SMILES string of the molecule is CC(C)CCNC(=O)CCC(=O)N1CCc2c(c(C(=O)N3CCCCC3)nn2C)C1. The summed E-state index contributed by atoms with van der Waals surface area (Å²) >= 11 is 0. The predicted molar refractivity (Wildman–Crippen MR) is 114 cm³/mol. The zero-order valence-electron chi connectivity index (χ0n) is 18.6. The first kappa shape index (κ1) is 22.3. The molecule has 0 aliphatic carbocycles. The van der Waals surface area contributed by atoms with Gasteiger partial charge in [0.05, 0.1) is 0 Å². The first-order valence-electron chi connectivity index (χ1n) is 11.2. The largest absolute Gasteiger partial charge is 0.356 e. The number of nitrogens with zero attached hydrogens (tertiary/aromatic N) is 4. The van der Waals surface area contributed by atoms with E-state index in [0.29, 0.717) is 37.7 Å². The fourth-order valence-electron chi connectivity index (χ4n) is 4.19. The highest BCUT2D eigenvalue weighted by Gasteiger charge is 2.31. The number of piperidine rings is 1. The third-order valence-corrected chi connectivity index (χ3v) is 6.05. The van der Waals surface area contributed by atoms with Crippen LogP contribution in [-0.2, 0) is 29.6 Å². The van der Waals surface area contributed by atoms with E-state index in [-0.39, 0.29) is 30.6 Å². The first-order valence-corrected chi connectivity index (χ1v) is 11.2. The summed E-state index contributed by atoms with van der Waals surface area (Å²) in [5.74, 6) is 0.394. The van der Waals surface area contributed by atoms with Crippen LogP contribution in [0.1, 0.15) is 74.1 Å². The number of hydrogen-bond donors (Lipinski definition) is 1. The molecule has 0 atom stereocenters. The summed E-state index contributed by atoms with van der Waals surface area (Å²) in [6.07, 6.45) is 5.24. The fourth-order valence-corrected chi connectivity index (χ4v) is 4.19. The average Bonchev–Trinajstić information content (AvgIpc) is 3.07. The lowest BCUT2D eigenvalue weighted by Crippen LogP contribution is -2.39. The van der Waals surface area contributed by atoms with Gasteiger partial charge in [-0.25, -0.2) is 0 Å². The van der Waals surface area contributed by atoms with Crippen molar-refractivity contribution < 1.29 is 14.4 Å². The van der Waals surface area contributed by atoms with Crippen LogP contribution >= 0.6 is 0 Å². The molecule has 3 heterocycles. The van der Waals surface area contributed by atoms with Gasteiger partial charge in [-0.15, -0.1) is 0 Å². The van der Waals surface area contributed by atoms with Crippen LogP contribution in [0.3, 0.4) is 0 Å². The lowest BCUT2D eigenvalue weighted by atomic mass is 10.0. The van der Waals surface area contributed by atoms with Crippen molar-refractivity contribution in [3.8, 4) is 0 Å². The maximum atomic E-state index is 13.0. The Morgan fingerprint density at radius 3 is 2.47 bits per heavy atom. The van der Waals surface area contributed by atoms with Crippen molar-refractivity contribution in [2.75, 3.05) is 26.2 Å². The molecule has 8 heteroatoms. The highest BCUT2D eigenvalue weighted by atomic mass is 16.2. The van der Waals surface area contributed by atoms with E-state index < -0.39 is 0 Å². The molecule has 1 saturated heterocycles. The second kappa shape index (κ2) is 10.1. The monoisotopic (exact) mass is 417 g/mol. The van der Waals surface area contributed by atoms with E-state index in [1.807, 2.05) is 11.9 Å². The smallest absolute Gasteiger partial charge is 0.274 e. The zero-order valence-corrected chi connectivity index (χ0v) is 18.6. The van der Waals surface area contributed by atoms with Gasteiger partial charge in [-0.3, -0.25) is 19.1 Å². The number of aryl methyl sites for hydroxylation is 1. The van der Waals surface area contributed by atoms with Crippen molar-refractivity contribution in [3.05, 3.63) is 17.0 Å². The molecule has 8 nitrogen and oxygen atoms in total. The van der Waals surface area contributed by atoms with Crippen LogP contribution in [0.2, 0.25) is 0 Å². The van der Waals surface area contributed by atoms with Crippen LogP contribution in [-0.4, -0.2) is 63.5 Å². The number of aromatic nitrogens is 2. The molecule has 0 unspecified atom stereocenters. The Kier molecular flexibility index (Phi) is 7.50. The molecule has 0 aromatic carbocycles. The van der Waals surface area contributed by atoms with Crippen LogP contribution < -0.4 is 5.32 Å². The number of likely N-dealkylation sites (tertiary alicyclic amines) is 1. The van der Waals surface area contributed by atoms with E-state index >= 15 is 0 Å². The molecule has 1 N–H and O–H groups in total. The molecular weight excluding hydrogens is 382 g/mol. The third kappa shape index (κ3) is 5.40. The van der Waals surface area contributed by atoms with E-state index in [2.05, 4.69) is 24.3 Å². The highest BCUT2D eigenvalue weighted by Crippen LogP contribution is 2.25. The number of carbonyl (C=O) groups is 3. The second-order valence-corrected chi connectivity index (χ2v) is 8.85. The van der Waals surface area contributed by atoms with Gasteiger partial charge in [0.15, 0.2) is 5.69 Å². The van der Waals surface area contributed by atoms with Crippen molar-refractivity contribution >= 4 is 17.7 Å². The van der Waals surface area contributed by atoms with Crippen molar-refractivity contribution in [3.63, 3.8) is 0 Å². The topological polar surface area (TPSA) is 87.5 Å². The van der Waals surface area contributed by atoms with Crippen LogP contribution in [0.15, 0.2) is 0 Å². The van der Waals surface area contributed by atoms with E-state index in [4.69, 9.17) is 0 Å². The van der Waals surface area contributed by atoms with E-state index in [1.165, 1.54) is 0 Å². The quantitative estimate of drug-likeness (QED) is 0.734. The van der Waals surface area contributed by atoms with Gasteiger partial charge in [-0.1, -0.05) is 13.8 Å². The fraction of sp³-hybridized carbons (Fsp3) is 0.727. The first-order chi connectivity index (χ1) is 14.4. The Balaban J connectivity index is 1.58. The van der Waals surface area contributed by atoms with Gasteiger partial charge in [-0.2, -0.15) is 5.10 Å². The molecule has 2 aliphatic heterocycles. The van der Waals surface area contributed by atoms with Crippen LogP contribution in [0, 0.1) is 5.92 Å². The molecule has 1 aromatic heterocycles. The van der Waals surface area contributed by atoms with Crippen LogP contribution in [0.5, 0.6) is 0 Å². The summed E-state index contributed by atoms with van der Waals surface area (Å²) in [6, 6.07) is 0. The molecule has 1 fully saturated rings. The minimum Gasteiger partial charge on any atom is -0.356 e. The summed E-state index contributed by atoms with van der Waals surface area (Å²) in [6.45, 7) is 7.42. The molecule has 1 aromatic rings. The highest BCUT2D eigenvalue weighted by molar-refractivity contribution is 5.94. The summed E-state index contributed by atoms with van der Waals surface area (Å²) in [7, 11) is 1.87. The second-order valence-electron chi connectivity index (χ2n) is 8.85. The number of nitrogens with one attached hydrogen (secondary N) is 1. The Morgan fingerprint density at radius 1 is 1.03 bits per heavy atom. The summed E-state index contributed by atoms with van der Waals surface area (Å²) in [4.78, 5) is 41.4. The Hall–Kier alpha value is -2.38. The van der Waals surface area contributed by atoms with Crippen molar-refractivity contribution in [2.45, 2.75) is 65.3 Å². The summed E-state index contributed by atoms with van der Waals surface area (Å²) in [5.41, 5.74) is 2.39. The molecule has 0 saturated carbocycles. The Labute approximate surface area is 179 Å². The molecular formula is C22H35N5O3. The maximum absolute atomic E-state index is 13.0. The van der Waals surface area contributed by atoms with Gasteiger partial charge in [0.25, 0.3) is 5.91 Å². The number of fused-ring (bicyclic) bond motifs is 1. The molecule has 0 radical (unpaired) electrons. The van der Waals surface area contributed by atoms with E-state index in [1.54, 1.807) is 9.58 Å². The number of rotatable bonds is 7. The van der Waals surface area contributed by atoms with Crippen molar-refractivity contribution in [1.29, 1.82) is 0 Å². The van der Waals surface area contributed by atoms with Crippen molar-refractivity contribution in [1.82, 2.24) is 24.9 Å². The number of amides is 3. The van der Waals surface area contributed by atoms with Gasteiger partial charge in [-0.05, 0) is 31.6 Å². The normalized spacial score (nSPS) is 16.5. The lowest BCUT2D eigenvalue weighted by molar-refractivity contribution is -0.134. The van der Waals surface area contributed by atoms with Gasteiger partial charge in [0.2, 0.25) is 11.8 Å². The minimum atomic E-state index is -0.0796. The molecule has 2 aliphatic rings. The van der Waals surface area contributed by atoms with Gasteiger partial charge >= 0.3 is 0 Å². The van der Waals surface area contributed by atoms with Gasteiger partial charge in [0, 0.05) is 70.3 Å².